The summed E-state index contributed by atoms with van der Waals surface area (Å²) in [5.41, 5.74) is 0.724. The number of piperazine rings is 1. The SMILES string of the molecule is O=C(Cc1ccccn1)N1CCN(C(=O)C2CCCN2S(=O)(=O)c2cccs2)CC1. The molecule has 10 heteroatoms. The van der Waals surface area contributed by atoms with Crippen molar-refractivity contribution in [2.45, 2.75) is 29.5 Å². The monoisotopic (exact) mass is 448 g/mol. The van der Waals surface area contributed by atoms with Gasteiger partial charge in [-0.25, -0.2) is 8.42 Å². The number of rotatable bonds is 5. The summed E-state index contributed by atoms with van der Waals surface area (Å²) in [7, 11) is -3.65. The Balaban J connectivity index is 1.36. The van der Waals surface area contributed by atoms with Gasteiger partial charge in [-0.05, 0) is 36.4 Å². The summed E-state index contributed by atoms with van der Waals surface area (Å²) in [5.74, 6) is -0.173. The molecule has 0 saturated carbocycles. The molecule has 0 aromatic carbocycles. The highest BCUT2D eigenvalue weighted by molar-refractivity contribution is 7.91. The van der Waals surface area contributed by atoms with Crippen LogP contribution in [-0.2, 0) is 26.0 Å². The molecule has 4 heterocycles. The van der Waals surface area contributed by atoms with E-state index < -0.39 is 16.1 Å². The van der Waals surface area contributed by atoms with E-state index in [1.54, 1.807) is 33.5 Å². The molecule has 2 aliphatic rings. The molecule has 4 rings (SSSR count). The lowest BCUT2D eigenvalue weighted by molar-refractivity contribution is -0.141. The van der Waals surface area contributed by atoms with E-state index in [0.29, 0.717) is 45.6 Å². The number of pyridine rings is 1. The summed E-state index contributed by atoms with van der Waals surface area (Å²) in [6, 6.07) is 8.10. The van der Waals surface area contributed by atoms with Crippen LogP contribution >= 0.6 is 11.3 Å². The second kappa shape index (κ2) is 8.83. The molecule has 2 aromatic heterocycles. The van der Waals surface area contributed by atoms with Crippen LogP contribution in [0.2, 0.25) is 0 Å². The number of thiophene rings is 1. The summed E-state index contributed by atoms with van der Waals surface area (Å²) < 4.78 is 27.4. The fourth-order valence-electron chi connectivity index (χ4n) is 3.96. The molecule has 0 aliphatic carbocycles. The van der Waals surface area contributed by atoms with Gasteiger partial charge in [0, 0.05) is 44.6 Å². The van der Waals surface area contributed by atoms with Crippen molar-refractivity contribution in [3.63, 3.8) is 0 Å². The molecule has 1 unspecified atom stereocenters. The highest BCUT2D eigenvalue weighted by Crippen LogP contribution is 2.29. The third-order valence-electron chi connectivity index (χ3n) is 5.55. The van der Waals surface area contributed by atoms with E-state index in [9.17, 15) is 18.0 Å². The van der Waals surface area contributed by atoms with Gasteiger partial charge in [0.2, 0.25) is 11.8 Å². The van der Waals surface area contributed by atoms with Crippen LogP contribution in [0.4, 0.5) is 0 Å². The van der Waals surface area contributed by atoms with Crippen molar-refractivity contribution in [3.8, 4) is 0 Å². The first kappa shape index (κ1) is 21.0. The maximum atomic E-state index is 13.1. The van der Waals surface area contributed by atoms with Gasteiger partial charge >= 0.3 is 0 Å². The minimum atomic E-state index is -3.65. The topological polar surface area (TPSA) is 90.9 Å². The van der Waals surface area contributed by atoms with Crippen LogP contribution in [0.1, 0.15) is 18.5 Å². The minimum Gasteiger partial charge on any atom is -0.339 e. The van der Waals surface area contributed by atoms with Crippen LogP contribution in [-0.4, -0.2) is 78.1 Å². The van der Waals surface area contributed by atoms with E-state index in [-0.39, 0.29) is 22.4 Å². The van der Waals surface area contributed by atoms with Crippen molar-refractivity contribution in [1.82, 2.24) is 19.1 Å². The van der Waals surface area contributed by atoms with Gasteiger partial charge in [0.25, 0.3) is 10.0 Å². The quantitative estimate of drug-likeness (QED) is 0.686. The number of carbonyl (C=O) groups excluding carboxylic acids is 2. The standard InChI is InChI=1S/C20H24N4O4S2/c25-18(15-16-5-1-2-8-21-16)22-10-12-23(13-11-22)20(26)17-6-3-9-24(17)30(27,28)19-7-4-14-29-19/h1-2,4-5,7-8,14,17H,3,6,9-13,15H2. The van der Waals surface area contributed by atoms with Crippen LogP contribution < -0.4 is 0 Å². The molecule has 0 radical (unpaired) electrons. The normalized spacial score (nSPS) is 20.5. The molecular formula is C20H24N4O4S2. The predicted octanol–water partition coefficient (Wildman–Crippen LogP) is 1.21. The third kappa shape index (κ3) is 4.26. The molecular weight excluding hydrogens is 424 g/mol. The van der Waals surface area contributed by atoms with Gasteiger partial charge in [0.1, 0.15) is 10.3 Å². The summed E-state index contributed by atoms with van der Waals surface area (Å²) in [4.78, 5) is 33.2. The fourth-order valence-corrected chi connectivity index (χ4v) is 6.73. The number of aromatic nitrogens is 1. The van der Waals surface area contributed by atoms with E-state index in [2.05, 4.69) is 4.98 Å². The summed E-state index contributed by atoms with van der Waals surface area (Å²) >= 11 is 1.17. The van der Waals surface area contributed by atoms with Gasteiger partial charge in [-0.3, -0.25) is 14.6 Å². The van der Waals surface area contributed by atoms with Crippen LogP contribution in [0, 0.1) is 0 Å². The maximum absolute atomic E-state index is 13.1. The second-order valence-electron chi connectivity index (χ2n) is 7.41. The largest absolute Gasteiger partial charge is 0.339 e. The van der Waals surface area contributed by atoms with Crippen molar-refractivity contribution in [1.29, 1.82) is 0 Å². The van der Waals surface area contributed by atoms with Gasteiger partial charge in [-0.1, -0.05) is 12.1 Å². The number of sulfonamides is 1. The van der Waals surface area contributed by atoms with E-state index in [1.165, 1.54) is 15.6 Å². The number of hydrogen-bond donors (Lipinski definition) is 0. The zero-order valence-electron chi connectivity index (χ0n) is 16.5. The molecule has 2 amide bonds. The first-order chi connectivity index (χ1) is 14.5. The number of carbonyl (C=O) groups is 2. The maximum Gasteiger partial charge on any atom is 0.253 e. The van der Waals surface area contributed by atoms with Gasteiger partial charge in [0.15, 0.2) is 0 Å². The number of nitrogens with zero attached hydrogens (tertiary/aromatic N) is 4. The van der Waals surface area contributed by atoms with Gasteiger partial charge < -0.3 is 9.80 Å². The molecule has 2 fully saturated rings. The van der Waals surface area contributed by atoms with E-state index in [4.69, 9.17) is 0 Å². The molecule has 2 saturated heterocycles. The molecule has 160 valence electrons. The summed E-state index contributed by atoms with van der Waals surface area (Å²) in [6.45, 7) is 2.08. The Kier molecular flexibility index (Phi) is 6.16. The highest BCUT2D eigenvalue weighted by atomic mass is 32.2. The van der Waals surface area contributed by atoms with E-state index >= 15 is 0 Å². The van der Waals surface area contributed by atoms with Crippen molar-refractivity contribution >= 4 is 33.2 Å². The Morgan fingerprint density at radius 3 is 2.47 bits per heavy atom. The fraction of sp³-hybridized carbons (Fsp3) is 0.450. The lowest BCUT2D eigenvalue weighted by Crippen LogP contribution is -2.55. The van der Waals surface area contributed by atoms with Crippen LogP contribution in [0.3, 0.4) is 0 Å². The summed E-state index contributed by atoms with van der Waals surface area (Å²) in [6.07, 6.45) is 3.10. The molecule has 1 atom stereocenters. The minimum absolute atomic E-state index is 0.0106. The predicted molar refractivity (Wildman–Crippen MR) is 112 cm³/mol. The van der Waals surface area contributed by atoms with E-state index in [1.807, 2.05) is 18.2 Å². The van der Waals surface area contributed by atoms with Gasteiger partial charge in [0.05, 0.1) is 6.42 Å². The first-order valence-corrected chi connectivity index (χ1v) is 12.3. The van der Waals surface area contributed by atoms with Crippen LogP contribution in [0.15, 0.2) is 46.1 Å². The lowest BCUT2D eigenvalue weighted by atomic mass is 10.1. The van der Waals surface area contributed by atoms with E-state index in [0.717, 1.165) is 5.69 Å². The lowest BCUT2D eigenvalue weighted by Gasteiger charge is -2.37. The molecule has 8 nitrogen and oxygen atoms in total. The van der Waals surface area contributed by atoms with Gasteiger partial charge in [-0.2, -0.15) is 4.31 Å². The molecule has 2 aliphatic heterocycles. The third-order valence-corrected chi connectivity index (χ3v) is 8.83. The zero-order chi connectivity index (χ0) is 21.1. The molecule has 0 spiro atoms. The zero-order valence-corrected chi connectivity index (χ0v) is 18.1. The Morgan fingerprint density at radius 2 is 1.80 bits per heavy atom. The second-order valence-corrected chi connectivity index (χ2v) is 10.5. The summed E-state index contributed by atoms with van der Waals surface area (Å²) in [5, 5.41) is 1.72. The number of hydrogen-bond acceptors (Lipinski definition) is 6. The molecule has 0 bridgehead atoms. The van der Waals surface area contributed by atoms with Crippen molar-refractivity contribution in [3.05, 3.63) is 47.6 Å². The van der Waals surface area contributed by atoms with Gasteiger partial charge in [-0.15, -0.1) is 11.3 Å². The van der Waals surface area contributed by atoms with Crippen molar-refractivity contribution < 1.29 is 18.0 Å². The van der Waals surface area contributed by atoms with Crippen LogP contribution in [0.5, 0.6) is 0 Å². The Bertz CT molecular complexity index is 987. The molecule has 2 aromatic rings. The first-order valence-electron chi connectivity index (χ1n) is 9.98. The molecule has 30 heavy (non-hydrogen) atoms. The Hall–Kier alpha value is -2.30. The number of amides is 2. The molecule has 0 N–H and O–H groups in total. The Morgan fingerprint density at radius 1 is 1.03 bits per heavy atom. The highest BCUT2D eigenvalue weighted by Gasteiger charge is 2.42. The van der Waals surface area contributed by atoms with Crippen molar-refractivity contribution in [2.24, 2.45) is 0 Å². The van der Waals surface area contributed by atoms with Crippen LogP contribution in [0.25, 0.3) is 0 Å². The Labute approximate surface area is 180 Å². The average molecular weight is 449 g/mol. The smallest absolute Gasteiger partial charge is 0.253 e. The average Bonchev–Trinajstić information content (AvgIpc) is 3.47. The van der Waals surface area contributed by atoms with Crippen molar-refractivity contribution in [2.75, 3.05) is 32.7 Å².